The molecule has 0 aromatic heterocycles. The first-order chi connectivity index (χ1) is 7.35. The minimum Gasteiger partial charge on any atom is -0.369 e. The van der Waals surface area contributed by atoms with Crippen LogP contribution in [-0.4, -0.2) is 42.5 Å². The molecule has 0 aliphatic rings. The van der Waals surface area contributed by atoms with Crippen LogP contribution in [0.3, 0.4) is 0 Å². The Morgan fingerprint density at radius 2 is 1.94 bits per heavy atom. The van der Waals surface area contributed by atoms with Gasteiger partial charge in [-0.2, -0.15) is 0 Å². The summed E-state index contributed by atoms with van der Waals surface area (Å²) in [6.07, 6.45) is 1.80. The van der Waals surface area contributed by atoms with Gasteiger partial charge in [0.25, 0.3) is 5.91 Å². The van der Waals surface area contributed by atoms with E-state index in [9.17, 15) is 9.59 Å². The van der Waals surface area contributed by atoms with Gasteiger partial charge >= 0.3 is 0 Å². The van der Waals surface area contributed by atoms with Crippen molar-refractivity contribution in [1.82, 2.24) is 4.90 Å². The molecule has 0 aliphatic carbocycles. The first kappa shape index (κ1) is 14.9. The van der Waals surface area contributed by atoms with Gasteiger partial charge in [-0.05, 0) is 20.3 Å². The molecule has 0 saturated carbocycles. The van der Waals surface area contributed by atoms with E-state index in [4.69, 9.17) is 10.5 Å². The number of hydrogen-bond donors (Lipinski definition) is 1. The van der Waals surface area contributed by atoms with Crippen molar-refractivity contribution in [3.63, 3.8) is 0 Å². The molecule has 0 unspecified atom stereocenters. The summed E-state index contributed by atoms with van der Waals surface area (Å²) in [5.41, 5.74) is 4.20. The quantitative estimate of drug-likeness (QED) is 0.693. The fourth-order valence-corrected chi connectivity index (χ4v) is 1.26. The molecule has 0 radical (unpaired) electrons. The van der Waals surface area contributed by atoms with E-state index in [1.54, 1.807) is 13.8 Å². The van der Waals surface area contributed by atoms with Gasteiger partial charge in [0.1, 0.15) is 5.60 Å². The van der Waals surface area contributed by atoms with Gasteiger partial charge in [-0.15, -0.1) is 0 Å². The monoisotopic (exact) mass is 230 g/mol. The van der Waals surface area contributed by atoms with E-state index in [2.05, 4.69) is 0 Å². The molecule has 0 aromatic rings. The molecule has 0 spiro atoms. The number of primary amides is 1. The molecule has 16 heavy (non-hydrogen) atoms. The Bertz CT molecular complexity index is 252. The number of hydrogen-bond acceptors (Lipinski definition) is 3. The van der Waals surface area contributed by atoms with Crippen LogP contribution < -0.4 is 5.73 Å². The predicted octanol–water partition coefficient (Wildman–Crippen LogP) is 0.525. The Hall–Kier alpha value is -1.10. The maximum atomic E-state index is 12.0. The lowest BCUT2D eigenvalue weighted by molar-refractivity contribution is -0.152. The molecule has 0 rings (SSSR count). The highest BCUT2D eigenvalue weighted by Crippen LogP contribution is 2.12. The maximum Gasteiger partial charge on any atom is 0.254 e. The number of nitrogens with zero attached hydrogens (tertiary/aromatic N) is 1. The molecular weight excluding hydrogens is 208 g/mol. The minimum atomic E-state index is -0.914. The van der Waals surface area contributed by atoms with Crippen LogP contribution in [0, 0.1) is 0 Å². The summed E-state index contributed by atoms with van der Waals surface area (Å²) in [6, 6.07) is 0. The Morgan fingerprint density at radius 1 is 1.38 bits per heavy atom. The normalized spacial score (nSPS) is 11.2. The van der Waals surface area contributed by atoms with Crippen molar-refractivity contribution < 1.29 is 14.3 Å². The van der Waals surface area contributed by atoms with Crippen LogP contribution in [-0.2, 0) is 14.3 Å². The zero-order valence-electron chi connectivity index (χ0n) is 10.6. The molecule has 2 N–H and O–H groups in total. The molecule has 94 valence electrons. The molecule has 0 saturated heterocycles. The third-order valence-corrected chi connectivity index (χ3v) is 2.44. The van der Waals surface area contributed by atoms with Gasteiger partial charge < -0.3 is 15.4 Å². The maximum absolute atomic E-state index is 12.0. The third kappa shape index (κ3) is 4.61. The Labute approximate surface area is 96.9 Å². The van der Waals surface area contributed by atoms with Crippen LogP contribution in [0.2, 0.25) is 0 Å². The van der Waals surface area contributed by atoms with Gasteiger partial charge in [-0.25, -0.2) is 0 Å². The smallest absolute Gasteiger partial charge is 0.254 e. The van der Waals surface area contributed by atoms with Crippen molar-refractivity contribution in [2.24, 2.45) is 5.73 Å². The average molecular weight is 230 g/mol. The number of rotatable bonds is 7. The standard InChI is InChI=1S/C11H22N2O3/c1-5-6-7-13(8-9(12)14)10(15)11(2,3)16-4/h5-8H2,1-4H3,(H2,12,14). The van der Waals surface area contributed by atoms with Crippen molar-refractivity contribution in [2.45, 2.75) is 39.2 Å². The highest BCUT2D eigenvalue weighted by Gasteiger charge is 2.32. The zero-order valence-corrected chi connectivity index (χ0v) is 10.6. The van der Waals surface area contributed by atoms with Crippen LogP contribution in [0.1, 0.15) is 33.6 Å². The lowest BCUT2D eigenvalue weighted by atomic mass is 10.1. The van der Waals surface area contributed by atoms with Crippen molar-refractivity contribution in [3.8, 4) is 0 Å². The highest BCUT2D eigenvalue weighted by molar-refractivity contribution is 5.88. The molecule has 0 aromatic carbocycles. The van der Waals surface area contributed by atoms with Crippen molar-refractivity contribution in [2.75, 3.05) is 20.2 Å². The second kappa shape index (κ2) is 6.48. The fraction of sp³-hybridized carbons (Fsp3) is 0.818. The summed E-state index contributed by atoms with van der Waals surface area (Å²) in [5, 5.41) is 0. The Morgan fingerprint density at radius 3 is 2.31 bits per heavy atom. The Kier molecular flexibility index (Phi) is 6.03. The lowest BCUT2D eigenvalue weighted by Gasteiger charge is -2.30. The summed E-state index contributed by atoms with van der Waals surface area (Å²) in [7, 11) is 1.47. The van der Waals surface area contributed by atoms with E-state index in [0.717, 1.165) is 12.8 Å². The van der Waals surface area contributed by atoms with E-state index < -0.39 is 11.5 Å². The Balaban J connectivity index is 4.61. The second-order valence-electron chi connectivity index (χ2n) is 4.26. The second-order valence-corrected chi connectivity index (χ2v) is 4.26. The van der Waals surface area contributed by atoms with Crippen LogP contribution >= 0.6 is 0 Å². The van der Waals surface area contributed by atoms with Gasteiger partial charge in [-0.3, -0.25) is 9.59 Å². The number of methoxy groups -OCH3 is 1. The van der Waals surface area contributed by atoms with Gasteiger partial charge in [0.15, 0.2) is 0 Å². The highest BCUT2D eigenvalue weighted by atomic mass is 16.5. The van der Waals surface area contributed by atoms with E-state index in [-0.39, 0.29) is 12.5 Å². The number of carbonyl (C=O) groups excluding carboxylic acids is 2. The number of amides is 2. The van der Waals surface area contributed by atoms with Crippen LogP contribution in [0.5, 0.6) is 0 Å². The van der Waals surface area contributed by atoms with Gasteiger partial charge in [0.2, 0.25) is 5.91 Å². The summed E-state index contributed by atoms with van der Waals surface area (Å²) < 4.78 is 5.10. The summed E-state index contributed by atoms with van der Waals surface area (Å²) in [4.78, 5) is 24.4. The molecule has 0 atom stereocenters. The van der Waals surface area contributed by atoms with Crippen molar-refractivity contribution in [1.29, 1.82) is 0 Å². The first-order valence-electron chi connectivity index (χ1n) is 5.48. The number of carbonyl (C=O) groups is 2. The molecule has 5 heteroatoms. The van der Waals surface area contributed by atoms with Crippen molar-refractivity contribution >= 4 is 11.8 Å². The van der Waals surface area contributed by atoms with Crippen LogP contribution in [0.15, 0.2) is 0 Å². The van der Waals surface area contributed by atoms with E-state index in [1.165, 1.54) is 12.0 Å². The van der Waals surface area contributed by atoms with Crippen LogP contribution in [0.4, 0.5) is 0 Å². The molecule has 0 bridgehead atoms. The first-order valence-corrected chi connectivity index (χ1v) is 5.48. The van der Waals surface area contributed by atoms with E-state index in [0.29, 0.717) is 6.54 Å². The predicted molar refractivity (Wildman–Crippen MR) is 61.8 cm³/mol. The molecule has 0 heterocycles. The third-order valence-electron chi connectivity index (χ3n) is 2.44. The molecule has 0 aliphatic heterocycles. The largest absolute Gasteiger partial charge is 0.369 e. The summed E-state index contributed by atoms with van der Waals surface area (Å²) in [6.45, 7) is 5.86. The molecular formula is C11H22N2O3. The topological polar surface area (TPSA) is 72.6 Å². The summed E-state index contributed by atoms with van der Waals surface area (Å²) in [5.74, 6) is -0.710. The van der Waals surface area contributed by atoms with Gasteiger partial charge in [-0.1, -0.05) is 13.3 Å². The van der Waals surface area contributed by atoms with Gasteiger partial charge in [0, 0.05) is 13.7 Å². The number of unbranched alkanes of at least 4 members (excludes halogenated alkanes) is 1. The summed E-state index contributed by atoms with van der Waals surface area (Å²) >= 11 is 0. The number of ether oxygens (including phenoxy) is 1. The minimum absolute atomic E-state index is 0.0500. The van der Waals surface area contributed by atoms with E-state index >= 15 is 0 Å². The number of nitrogens with two attached hydrogens (primary N) is 1. The molecule has 2 amide bonds. The van der Waals surface area contributed by atoms with Crippen molar-refractivity contribution in [3.05, 3.63) is 0 Å². The molecule has 0 fully saturated rings. The zero-order chi connectivity index (χ0) is 12.8. The lowest BCUT2D eigenvalue weighted by Crippen LogP contribution is -2.49. The van der Waals surface area contributed by atoms with Gasteiger partial charge in [0.05, 0.1) is 6.54 Å². The fourth-order valence-electron chi connectivity index (χ4n) is 1.26. The average Bonchev–Trinajstić information content (AvgIpc) is 2.22. The molecule has 5 nitrogen and oxygen atoms in total. The van der Waals surface area contributed by atoms with E-state index in [1.807, 2.05) is 6.92 Å². The van der Waals surface area contributed by atoms with Crippen LogP contribution in [0.25, 0.3) is 0 Å². The SMILES string of the molecule is CCCCN(CC(N)=O)C(=O)C(C)(C)OC.